The van der Waals surface area contributed by atoms with E-state index in [0.29, 0.717) is 15.7 Å². The van der Waals surface area contributed by atoms with Crippen LogP contribution in [0.4, 0.5) is 13.2 Å². The van der Waals surface area contributed by atoms with Crippen LogP contribution in [0.25, 0.3) is 16.5 Å². The molecule has 1 aliphatic rings. The van der Waals surface area contributed by atoms with Crippen molar-refractivity contribution in [1.82, 2.24) is 24.6 Å². The van der Waals surface area contributed by atoms with Crippen molar-refractivity contribution in [2.75, 3.05) is 6.61 Å². The molecule has 5 rings (SSSR count). The van der Waals surface area contributed by atoms with E-state index in [1.54, 1.807) is 26.1 Å². The topological polar surface area (TPSA) is 129 Å². The molecule has 0 radical (unpaired) electrons. The number of ether oxygens (including phenoxy) is 1. The number of carbonyl (C=O) groups is 2. The summed E-state index contributed by atoms with van der Waals surface area (Å²) in [6.45, 7) is 10.1. The molecule has 0 aliphatic carbocycles. The Morgan fingerprint density at radius 3 is 2.44 bits per heavy atom. The van der Waals surface area contributed by atoms with Crippen LogP contribution in [0.15, 0.2) is 64.6 Å². The second-order valence-corrected chi connectivity index (χ2v) is 15.6. The Balaban J connectivity index is 1.63. The van der Waals surface area contributed by atoms with E-state index >= 15 is 0 Å². The van der Waals surface area contributed by atoms with Gasteiger partial charge in [0.2, 0.25) is 0 Å². The molecule has 2 aromatic carbocycles. The first-order chi connectivity index (χ1) is 23.3. The summed E-state index contributed by atoms with van der Waals surface area (Å²) in [5.41, 5.74) is 4.69. The largest absolute Gasteiger partial charge is 0.463 e. The van der Waals surface area contributed by atoms with Crippen LogP contribution in [0, 0.1) is 10.8 Å². The molecular formula is C35H38BrClF3N7O3. The number of fused-ring (bicyclic) bond motifs is 1. The molecule has 10 nitrogen and oxygen atoms in total. The summed E-state index contributed by atoms with van der Waals surface area (Å²) in [6.07, 6.45) is -1.57. The summed E-state index contributed by atoms with van der Waals surface area (Å²) in [5.74, 6) is -1.97. The Labute approximate surface area is 301 Å². The predicted molar refractivity (Wildman–Crippen MR) is 188 cm³/mol. The third kappa shape index (κ3) is 7.51. The van der Waals surface area contributed by atoms with Crippen LogP contribution in [-0.4, -0.2) is 55.3 Å². The van der Waals surface area contributed by atoms with E-state index in [9.17, 15) is 22.8 Å². The zero-order valence-corrected chi connectivity index (χ0v) is 30.8. The number of halogens is 5. The zero-order valence-electron chi connectivity index (χ0n) is 28.4. The third-order valence-electron chi connectivity index (χ3n) is 8.82. The minimum Gasteiger partial charge on any atom is -0.463 e. The Morgan fingerprint density at radius 2 is 1.78 bits per heavy atom. The fraction of sp³-hybridized carbons (Fsp3) is 0.429. The van der Waals surface area contributed by atoms with E-state index in [2.05, 4.69) is 31.0 Å². The van der Waals surface area contributed by atoms with Crippen molar-refractivity contribution in [2.24, 2.45) is 21.6 Å². The summed E-state index contributed by atoms with van der Waals surface area (Å²) >= 11 is 9.90. The monoisotopic (exact) mass is 775 g/mol. The van der Waals surface area contributed by atoms with Gasteiger partial charge in [-0.15, -0.1) is 0 Å². The summed E-state index contributed by atoms with van der Waals surface area (Å²) in [4.78, 5) is 42.2. The molecule has 0 fully saturated rings. The first-order valence-electron chi connectivity index (χ1n) is 15.9. The highest BCUT2D eigenvalue weighted by Gasteiger charge is 2.53. The van der Waals surface area contributed by atoms with Gasteiger partial charge in [0.15, 0.2) is 17.3 Å². The van der Waals surface area contributed by atoms with Gasteiger partial charge in [-0.25, -0.2) is 32.8 Å². The highest BCUT2D eigenvalue weighted by atomic mass is 79.9. The molecule has 3 heterocycles. The number of nitrogens with two attached hydrogens (primary N) is 1. The van der Waals surface area contributed by atoms with Gasteiger partial charge in [0.05, 0.1) is 23.2 Å². The molecular weight excluding hydrogens is 739 g/mol. The molecule has 0 saturated carbocycles. The second-order valence-electron chi connectivity index (χ2n) is 14.3. The molecule has 15 heteroatoms. The van der Waals surface area contributed by atoms with Crippen LogP contribution in [0.5, 0.6) is 0 Å². The minimum absolute atomic E-state index is 0.0532. The number of hydrogen-bond acceptors (Lipinski definition) is 8. The normalized spacial score (nSPS) is 18.1. The van der Waals surface area contributed by atoms with E-state index in [-0.39, 0.29) is 29.5 Å². The number of alkyl halides is 3. The molecule has 1 amide bonds. The molecule has 2 N–H and O–H groups in total. The SMILES string of the molecule is CC(F)C(C)(C)CC(=O)OC[C@H](c1ccc(Cl)c(-n2ncnc2C(F)F)c1)N1C(=O)[C@@](CC(C)(C)C)(c2ccc3cnc(Br)cc3c2)N=C1N. The lowest BCUT2D eigenvalue weighted by Crippen LogP contribution is -2.47. The van der Waals surface area contributed by atoms with Gasteiger partial charge < -0.3 is 10.5 Å². The molecule has 0 bridgehead atoms. The number of carbonyl (C=O) groups excluding carboxylic acids is 2. The average Bonchev–Trinajstić information content (AvgIpc) is 3.60. The molecule has 1 aliphatic heterocycles. The number of nitrogens with zero attached hydrogens (tertiary/aromatic N) is 6. The van der Waals surface area contributed by atoms with Gasteiger partial charge in [0.25, 0.3) is 12.3 Å². The summed E-state index contributed by atoms with van der Waals surface area (Å²) in [5, 5.41) is 5.68. The number of esters is 1. The molecule has 2 aromatic heterocycles. The van der Waals surface area contributed by atoms with E-state index in [1.807, 2.05) is 45.0 Å². The third-order valence-corrected chi connectivity index (χ3v) is 9.57. The Bertz CT molecular complexity index is 1960. The van der Waals surface area contributed by atoms with E-state index in [4.69, 9.17) is 27.1 Å². The van der Waals surface area contributed by atoms with Crippen LogP contribution in [0.1, 0.15) is 83.8 Å². The number of guanidine groups is 1. The molecule has 1 unspecified atom stereocenters. The maximum absolute atomic E-state index is 15.0. The fourth-order valence-electron chi connectivity index (χ4n) is 5.99. The van der Waals surface area contributed by atoms with Gasteiger partial charge in [-0.05, 0) is 75.5 Å². The number of hydrogen-bond donors (Lipinski definition) is 1. The first-order valence-corrected chi connectivity index (χ1v) is 17.0. The van der Waals surface area contributed by atoms with Gasteiger partial charge in [0, 0.05) is 17.0 Å². The summed E-state index contributed by atoms with van der Waals surface area (Å²) in [7, 11) is 0. The molecule has 50 heavy (non-hydrogen) atoms. The molecule has 3 atom stereocenters. The quantitative estimate of drug-likeness (QED) is 0.121. The Hall–Kier alpha value is -4.04. The van der Waals surface area contributed by atoms with Crippen LogP contribution in [0.2, 0.25) is 5.02 Å². The second kappa shape index (κ2) is 13.9. The number of aromatic nitrogens is 4. The van der Waals surface area contributed by atoms with Crippen molar-refractivity contribution in [2.45, 2.75) is 78.6 Å². The van der Waals surface area contributed by atoms with E-state index < -0.39 is 59.3 Å². The van der Waals surface area contributed by atoms with Gasteiger partial charge >= 0.3 is 5.97 Å². The lowest BCUT2D eigenvalue weighted by Gasteiger charge is -2.35. The molecule has 0 spiro atoms. The van der Waals surface area contributed by atoms with Crippen molar-refractivity contribution in [3.8, 4) is 5.69 Å². The van der Waals surface area contributed by atoms with Crippen LogP contribution >= 0.6 is 27.5 Å². The lowest BCUT2D eigenvalue weighted by atomic mass is 9.75. The number of rotatable bonds is 11. The molecule has 0 saturated heterocycles. The van der Waals surface area contributed by atoms with Crippen molar-refractivity contribution < 1.29 is 27.5 Å². The standard InChI is InChI=1S/C35H38BrClF3N7O3/c1-19(38)34(5,6)14-28(48)50-16-26(20-8-10-24(37)25(12-20)47-30(29(39)40)43-18-44-47)46-31(49)35(45-32(46)41,17-33(2,3)4)23-9-7-21-15-42-27(36)13-22(21)11-23/h7-13,15,18-19,26,29H,14,16-17H2,1-6H3,(H2,41,45)/t19?,26-,35-/m1/s1. The maximum Gasteiger partial charge on any atom is 0.306 e. The summed E-state index contributed by atoms with van der Waals surface area (Å²) < 4.78 is 49.2. The van der Waals surface area contributed by atoms with E-state index in [1.165, 1.54) is 24.0 Å². The number of amides is 1. The molecule has 4 aromatic rings. The highest BCUT2D eigenvalue weighted by molar-refractivity contribution is 9.10. The molecule has 266 valence electrons. The smallest absolute Gasteiger partial charge is 0.306 e. The van der Waals surface area contributed by atoms with Crippen LogP contribution in [-0.2, 0) is 19.9 Å². The minimum atomic E-state index is -2.96. The number of pyridine rings is 1. The van der Waals surface area contributed by atoms with Crippen molar-refractivity contribution in [1.29, 1.82) is 0 Å². The Kier molecular flexibility index (Phi) is 10.4. The van der Waals surface area contributed by atoms with Crippen molar-refractivity contribution in [3.63, 3.8) is 0 Å². The number of benzene rings is 2. The van der Waals surface area contributed by atoms with Gasteiger partial charge in [0.1, 0.15) is 23.7 Å². The van der Waals surface area contributed by atoms with Crippen molar-refractivity contribution >= 4 is 56.1 Å². The van der Waals surface area contributed by atoms with Crippen LogP contribution in [0.3, 0.4) is 0 Å². The Morgan fingerprint density at radius 1 is 1.06 bits per heavy atom. The maximum atomic E-state index is 15.0. The van der Waals surface area contributed by atoms with Crippen molar-refractivity contribution in [3.05, 3.63) is 81.6 Å². The first kappa shape index (κ1) is 37.2. The van der Waals surface area contributed by atoms with Gasteiger partial charge in [-0.3, -0.25) is 14.5 Å². The van der Waals surface area contributed by atoms with E-state index in [0.717, 1.165) is 21.8 Å². The summed E-state index contributed by atoms with van der Waals surface area (Å²) in [6, 6.07) is 10.8. The van der Waals surface area contributed by atoms with Crippen LogP contribution < -0.4 is 5.73 Å². The lowest BCUT2D eigenvalue weighted by molar-refractivity contribution is -0.150. The van der Waals surface area contributed by atoms with Gasteiger partial charge in [-0.2, -0.15) is 5.10 Å². The van der Waals surface area contributed by atoms with Gasteiger partial charge in [-0.1, -0.05) is 64.4 Å². The number of aliphatic imine (C=N–C) groups is 1. The predicted octanol–water partition coefficient (Wildman–Crippen LogP) is 8.02. The average molecular weight is 777 g/mol. The fourth-order valence-corrected chi connectivity index (χ4v) is 6.53. The zero-order chi connectivity index (χ0) is 36.8. The highest BCUT2D eigenvalue weighted by Crippen LogP contribution is 2.46.